The molecule has 9 heteroatoms. The second-order valence-electron chi connectivity index (χ2n) is 7.74. The zero-order valence-corrected chi connectivity index (χ0v) is 18.3. The standard InChI is InChI=1S/C22H25N3O5S/c1-14-12-15-4-3-5-18(15)21(24-22(26)25-31(2,27)28)20(14)16-6-9-23-19(13-16)30-17-7-10-29-11-8-17/h6-7,9,12-13H,3-5,8,10-11H2,1-2H3,(H2,24,25,26). The monoisotopic (exact) mass is 443 g/mol. The van der Waals surface area contributed by atoms with Crippen molar-refractivity contribution in [3.8, 4) is 17.0 Å². The molecule has 164 valence electrons. The summed E-state index contributed by atoms with van der Waals surface area (Å²) in [6, 6.07) is 5.05. The predicted molar refractivity (Wildman–Crippen MR) is 118 cm³/mol. The van der Waals surface area contributed by atoms with E-state index < -0.39 is 16.1 Å². The molecule has 4 rings (SSSR count). The van der Waals surface area contributed by atoms with Crippen LogP contribution in [0.4, 0.5) is 10.5 Å². The van der Waals surface area contributed by atoms with Gasteiger partial charge in [0.15, 0.2) is 0 Å². The Bertz CT molecular complexity index is 1160. The number of fused-ring (bicyclic) bond motifs is 1. The van der Waals surface area contributed by atoms with Gasteiger partial charge in [-0.15, -0.1) is 0 Å². The van der Waals surface area contributed by atoms with Crippen LogP contribution in [-0.2, 0) is 27.6 Å². The molecule has 0 spiro atoms. The van der Waals surface area contributed by atoms with Crippen molar-refractivity contribution in [2.75, 3.05) is 24.8 Å². The van der Waals surface area contributed by atoms with E-state index in [0.717, 1.165) is 53.5 Å². The van der Waals surface area contributed by atoms with Gasteiger partial charge >= 0.3 is 6.03 Å². The first kappa shape index (κ1) is 21.3. The third-order valence-corrected chi connectivity index (χ3v) is 5.85. The van der Waals surface area contributed by atoms with Crippen LogP contribution in [-0.4, -0.2) is 38.9 Å². The molecule has 1 aromatic carbocycles. The van der Waals surface area contributed by atoms with Gasteiger partial charge in [-0.3, -0.25) is 0 Å². The number of urea groups is 1. The summed E-state index contributed by atoms with van der Waals surface area (Å²) in [5.41, 5.74) is 5.50. The zero-order valence-electron chi connectivity index (χ0n) is 17.5. The van der Waals surface area contributed by atoms with Gasteiger partial charge in [0, 0.05) is 24.2 Å². The van der Waals surface area contributed by atoms with Crippen LogP contribution in [0, 0.1) is 6.92 Å². The van der Waals surface area contributed by atoms with Crippen molar-refractivity contribution in [2.24, 2.45) is 0 Å². The van der Waals surface area contributed by atoms with Crippen molar-refractivity contribution >= 4 is 21.7 Å². The second-order valence-corrected chi connectivity index (χ2v) is 9.49. The number of ether oxygens (including phenoxy) is 2. The minimum absolute atomic E-state index is 0.456. The number of hydrogen-bond acceptors (Lipinski definition) is 6. The average molecular weight is 444 g/mol. The number of anilines is 1. The number of sulfonamides is 1. The lowest BCUT2D eigenvalue weighted by atomic mass is 9.93. The van der Waals surface area contributed by atoms with Crippen LogP contribution in [0.3, 0.4) is 0 Å². The van der Waals surface area contributed by atoms with Crippen molar-refractivity contribution in [2.45, 2.75) is 32.6 Å². The molecule has 0 saturated carbocycles. The SMILES string of the molecule is Cc1cc2c(c(NC(=O)NS(C)(=O)=O)c1-c1ccnc(OC3=CCOCC3)c1)CCC2. The highest BCUT2D eigenvalue weighted by molar-refractivity contribution is 7.89. The van der Waals surface area contributed by atoms with Gasteiger partial charge in [0.2, 0.25) is 15.9 Å². The lowest BCUT2D eigenvalue weighted by Crippen LogP contribution is -2.34. The van der Waals surface area contributed by atoms with Crippen molar-refractivity contribution in [3.05, 3.63) is 52.9 Å². The Morgan fingerprint density at radius 2 is 2.06 bits per heavy atom. The number of nitrogens with one attached hydrogen (secondary N) is 2. The van der Waals surface area contributed by atoms with Gasteiger partial charge in [0.25, 0.3) is 0 Å². The van der Waals surface area contributed by atoms with Crippen molar-refractivity contribution in [3.63, 3.8) is 0 Å². The Balaban J connectivity index is 1.73. The number of pyridine rings is 1. The van der Waals surface area contributed by atoms with Gasteiger partial charge in [0.1, 0.15) is 5.76 Å². The maximum absolute atomic E-state index is 12.4. The van der Waals surface area contributed by atoms with Crippen LogP contribution in [0.2, 0.25) is 0 Å². The molecule has 2 amide bonds. The van der Waals surface area contributed by atoms with Gasteiger partial charge in [-0.1, -0.05) is 6.07 Å². The summed E-state index contributed by atoms with van der Waals surface area (Å²) >= 11 is 0. The highest BCUT2D eigenvalue weighted by Gasteiger charge is 2.23. The number of amides is 2. The van der Waals surface area contributed by atoms with E-state index in [1.54, 1.807) is 6.20 Å². The molecule has 2 aromatic rings. The fourth-order valence-electron chi connectivity index (χ4n) is 4.07. The molecule has 1 aliphatic carbocycles. The molecule has 2 heterocycles. The van der Waals surface area contributed by atoms with Crippen molar-refractivity contribution < 1.29 is 22.7 Å². The Morgan fingerprint density at radius 1 is 1.23 bits per heavy atom. The number of aromatic nitrogens is 1. The molecular weight excluding hydrogens is 418 g/mol. The highest BCUT2D eigenvalue weighted by atomic mass is 32.2. The van der Waals surface area contributed by atoms with Gasteiger partial charge in [0.05, 0.1) is 25.2 Å². The molecule has 0 fully saturated rings. The minimum Gasteiger partial charge on any atom is -0.444 e. The fraction of sp³-hybridized carbons (Fsp3) is 0.364. The first-order valence-electron chi connectivity index (χ1n) is 10.2. The Labute approximate surface area is 181 Å². The molecule has 31 heavy (non-hydrogen) atoms. The molecule has 0 bridgehead atoms. The summed E-state index contributed by atoms with van der Waals surface area (Å²) in [5, 5.41) is 2.79. The molecule has 1 aliphatic heterocycles. The van der Waals surface area contributed by atoms with Gasteiger partial charge in [-0.05, 0) is 60.6 Å². The van der Waals surface area contributed by atoms with Crippen LogP contribution in [0.1, 0.15) is 29.5 Å². The van der Waals surface area contributed by atoms with Gasteiger partial charge in [-0.25, -0.2) is 22.9 Å². The van der Waals surface area contributed by atoms with Crippen molar-refractivity contribution in [1.29, 1.82) is 0 Å². The fourth-order valence-corrected chi connectivity index (χ4v) is 4.46. The first-order valence-corrected chi connectivity index (χ1v) is 12.0. The second kappa shape index (κ2) is 8.68. The average Bonchev–Trinajstić information content (AvgIpc) is 3.16. The summed E-state index contributed by atoms with van der Waals surface area (Å²) in [7, 11) is -3.68. The number of benzene rings is 1. The molecule has 0 radical (unpaired) electrons. The number of aryl methyl sites for hydroxylation is 2. The van der Waals surface area contributed by atoms with Crippen LogP contribution >= 0.6 is 0 Å². The topological polar surface area (TPSA) is 107 Å². The maximum Gasteiger partial charge on any atom is 0.332 e. The Kier molecular flexibility index (Phi) is 5.97. The van der Waals surface area contributed by atoms with Crippen LogP contribution < -0.4 is 14.8 Å². The van der Waals surface area contributed by atoms with E-state index in [4.69, 9.17) is 9.47 Å². The molecule has 2 aliphatic rings. The summed E-state index contributed by atoms with van der Waals surface area (Å²) < 4.78 is 36.2. The van der Waals surface area contributed by atoms with E-state index in [1.165, 1.54) is 5.56 Å². The molecule has 0 atom stereocenters. The molecular formula is C22H25N3O5S. The first-order chi connectivity index (χ1) is 14.8. The molecule has 0 unspecified atom stereocenters. The Hall–Kier alpha value is -2.91. The number of nitrogens with zero attached hydrogens (tertiary/aromatic N) is 1. The number of hydrogen-bond donors (Lipinski definition) is 2. The summed E-state index contributed by atoms with van der Waals surface area (Å²) in [6.07, 6.45) is 7.92. The van der Waals surface area contributed by atoms with Crippen LogP contribution in [0.15, 0.2) is 36.2 Å². The van der Waals surface area contributed by atoms with Crippen LogP contribution in [0.25, 0.3) is 11.1 Å². The highest BCUT2D eigenvalue weighted by Crippen LogP contribution is 2.40. The quantitative estimate of drug-likeness (QED) is 0.734. The van der Waals surface area contributed by atoms with E-state index >= 15 is 0 Å². The minimum atomic E-state index is -3.68. The summed E-state index contributed by atoms with van der Waals surface area (Å²) in [5.74, 6) is 1.27. The number of rotatable bonds is 5. The normalized spacial score (nSPS) is 15.7. The van der Waals surface area contributed by atoms with Gasteiger partial charge in [-0.2, -0.15) is 0 Å². The van der Waals surface area contributed by atoms with E-state index in [0.29, 0.717) is 31.2 Å². The zero-order chi connectivity index (χ0) is 22.0. The van der Waals surface area contributed by atoms with E-state index in [2.05, 4.69) is 16.4 Å². The number of carbonyl (C=O) groups excluding carboxylic acids is 1. The summed E-state index contributed by atoms with van der Waals surface area (Å²) in [4.78, 5) is 16.7. The predicted octanol–water partition coefficient (Wildman–Crippen LogP) is 3.31. The summed E-state index contributed by atoms with van der Waals surface area (Å²) in [6.45, 7) is 3.11. The molecule has 0 saturated heterocycles. The van der Waals surface area contributed by atoms with Gasteiger partial charge < -0.3 is 14.8 Å². The smallest absolute Gasteiger partial charge is 0.332 e. The van der Waals surface area contributed by atoms with Crippen molar-refractivity contribution in [1.82, 2.24) is 9.71 Å². The van der Waals surface area contributed by atoms with E-state index in [1.807, 2.05) is 29.9 Å². The third-order valence-electron chi connectivity index (χ3n) is 5.29. The van der Waals surface area contributed by atoms with Crippen LogP contribution in [0.5, 0.6) is 5.88 Å². The molecule has 1 aromatic heterocycles. The van der Waals surface area contributed by atoms with E-state index in [-0.39, 0.29) is 0 Å². The molecule has 8 nitrogen and oxygen atoms in total. The largest absolute Gasteiger partial charge is 0.444 e. The number of carbonyl (C=O) groups is 1. The van der Waals surface area contributed by atoms with E-state index in [9.17, 15) is 13.2 Å². The third kappa shape index (κ3) is 5.05. The maximum atomic E-state index is 12.4. The lowest BCUT2D eigenvalue weighted by molar-refractivity contribution is 0.138. The molecule has 2 N–H and O–H groups in total. The lowest BCUT2D eigenvalue weighted by Gasteiger charge is -2.19. The Morgan fingerprint density at radius 3 is 2.81 bits per heavy atom.